The van der Waals surface area contributed by atoms with Crippen LogP contribution in [0.4, 0.5) is 13.2 Å². The first-order valence-corrected chi connectivity index (χ1v) is 8.19. The number of hydrogen-bond acceptors (Lipinski definition) is 5. The van der Waals surface area contributed by atoms with E-state index in [1.165, 1.54) is 25.3 Å². The fourth-order valence-corrected chi connectivity index (χ4v) is 2.64. The van der Waals surface area contributed by atoms with Crippen LogP contribution in [0.25, 0.3) is 11.0 Å². The minimum atomic E-state index is -4.43. The molecule has 0 fully saturated rings. The Bertz CT molecular complexity index is 1050. The Kier molecular flexibility index (Phi) is 5.39. The standard InChI is InChI=1S/C20H15F3O5/c1-26-15-6-7-16-13(9-19(25)28-17(16)10-15)11-27-18(24)8-12-2-4-14(5-3-12)20(21,22)23/h2-7,9-10H,8,11H2,1H3. The number of rotatable bonds is 5. The van der Waals surface area contributed by atoms with Crippen LogP contribution in [0.5, 0.6) is 5.75 Å². The number of carbonyl (C=O) groups is 1. The van der Waals surface area contributed by atoms with Gasteiger partial charge in [0.05, 0.1) is 19.1 Å². The molecule has 1 aromatic heterocycles. The smallest absolute Gasteiger partial charge is 0.416 e. The van der Waals surface area contributed by atoms with Gasteiger partial charge in [0.15, 0.2) is 0 Å². The van der Waals surface area contributed by atoms with Crippen molar-refractivity contribution < 1.29 is 31.9 Å². The number of carbonyl (C=O) groups excluding carboxylic acids is 1. The summed E-state index contributed by atoms with van der Waals surface area (Å²) in [7, 11) is 1.48. The number of benzene rings is 2. The number of ether oxygens (including phenoxy) is 2. The first-order chi connectivity index (χ1) is 13.3. The van der Waals surface area contributed by atoms with Gasteiger partial charge in [-0.25, -0.2) is 4.79 Å². The van der Waals surface area contributed by atoms with Crippen molar-refractivity contribution in [1.82, 2.24) is 0 Å². The molecular formula is C20H15F3O5. The van der Waals surface area contributed by atoms with Gasteiger partial charge in [-0.3, -0.25) is 4.79 Å². The van der Waals surface area contributed by atoms with E-state index in [9.17, 15) is 22.8 Å². The topological polar surface area (TPSA) is 65.7 Å². The predicted octanol–water partition coefficient (Wildman–Crippen LogP) is 4.11. The number of halogens is 3. The second-order valence-electron chi connectivity index (χ2n) is 5.98. The zero-order valence-corrected chi connectivity index (χ0v) is 14.7. The van der Waals surface area contributed by atoms with Crippen LogP contribution in [-0.4, -0.2) is 13.1 Å². The maximum Gasteiger partial charge on any atom is 0.416 e. The molecule has 2 aromatic carbocycles. The zero-order valence-electron chi connectivity index (χ0n) is 14.7. The van der Waals surface area contributed by atoms with Crippen molar-refractivity contribution in [3.63, 3.8) is 0 Å². The molecule has 0 spiro atoms. The van der Waals surface area contributed by atoms with Crippen LogP contribution in [0.3, 0.4) is 0 Å². The fraction of sp³-hybridized carbons (Fsp3) is 0.200. The van der Waals surface area contributed by atoms with E-state index >= 15 is 0 Å². The molecule has 0 unspecified atom stereocenters. The van der Waals surface area contributed by atoms with Crippen molar-refractivity contribution in [1.29, 1.82) is 0 Å². The molecule has 0 N–H and O–H groups in total. The molecule has 0 aliphatic rings. The average molecular weight is 392 g/mol. The first-order valence-electron chi connectivity index (χ1n) is 8.19. The van der Waals surface area contributed by atoms with Gasteiger partial charge in [-0.2, -0.15) is 13.2 Å². The number of esters is 1. The normalized spacial score (nSPS) is 11.4. The minimum Gasteiger partial charge on any atom is -0.497 e. The van der Waals surface area contributed by atoms with Crippen molar-refractivity contribution in [2.75, 3.05) is 7.11 Å². The lowest BCUT2D eigenvalue weighted by atomic mass is 10.1. The van der Waals surface area contributed by atoms with Crippen molar-refractivity contribution in [2.45, 2.75) is 19.2 Å². The Morgan fingerprint density at radius 1 is 1.07 bits per heavy atom. The Labute approximate surface area is 157 Å². The molecular weight excluding hydrogens is 377 g/mol. The lowest BCUT2D eigenvalue weighted by molar-refractivity contribution is -0.144. The van der Waals surface area contributed by atoms with Crippen LogP contribution in [0.1, 0.15) is 16.7 Å². The molecule has 28 heavy (non-hydrogen) atoms. The quantitative estimate of drug-likeness (QED) is 0.483. The summed E-state index contributed by atoms with van der Waals surface area (Å²) in [6.45, 7) is -0.173. The Balaban J connectivity index is 1.70. The molecule has 3 aromatic rings. The summed E-state index contributed by atoms with van der Waals surface area (Å²) in [5.41, 5.74) is -0.257. The van der Waals surface area contributed by atoms with Gasteiger partial charge in [0.25, 0.3) is 0 Å². The van der Waals surface area contributed by atoms with Crippen molar-refractivity contribution in [3.05, 3.63) is 75.6 Å². The molecule has 1 heterocycles. The molecule has 5 nitrogen and oxygen atoms in total. The molecule has 0 bridgehead atoms. The molecule has 0 saturated carbocycles. The van der Waals surface area contributed by atoms with Crippen LogP contribution < -0.4 is 10.4 Å². The summed E-state index contributed by atoms with van der Waals surface area (Å²) < 4.78 is 53.1. The summed E-state index contributed by atoms with van der Waals surface area (Å²) in [6.07, 6.45) is -4.62. The largest absolute Gasteiger partial charge is 0.497 e. The van der Waals surface area contributed by atoms with E-state index in [1.807, 2.05) is 0 Å². The summed E-state index contributed by atoms with van der Waals surface area (Å²) in [6, 6.07) is 10.4. The molecule has 0 amide bonds. The van der Waals surface area contributed by atoms with Gasteiger partial charge in [-0.1, -0.05) is 12.1 Å². The maximum atomic E-state index is 12.6. The Morgan fingerprint density at radius 3 is 2.43 bits per heavy atom. The highest BCUT2D eigenvalue weighted by Crippen LogP contribution is 2.29. The lowest BCUT2D eigenvalue weighted by Gasteiger charge is -2.09. The number of fused-ring (bicyclic) bond motifs is 1. The van der Waals surface area contributed by atoms with Crippen LogP contribution in [0, 0.1) is 0 Å². The summed E-state index contributed by atoms with van der Waals surface area (Å²) in [4.78, 5) is 23.7. The Hall–Kier alpha value is -3.29. The minimum absolute atomic E-state index is 0.173. The van der Waals surface area contributed by atoms with E-state index in [-0.39, 0.29) is 13.0 Å². The lowest BCUT2D eigenvalue weighted by Crippen LogP contribution is -2.10. The molecule has 3 rings (SSSR count). The third-order valence-electron chi connectivity index (χ3n) is 4.06. The second kappa shape index (κ2) is 7.75. The van der Waals surface area contributed by atoms with Crippen LogP contribution in [-0.2, 0) is 28.7 Å². The summed E-state index contributed by atoms with van der Waals surface area (Å²) in [5, 5.41) is 0.586. The van der Waals surface area contributed by atoms with Crippen LogP contribution in [0.2, 0.25) is 0 Å². The van der Waals surface area contributed by atoms with E-state index in [0.29, 0.717) is 27.8 Å². The van der Waals surface area contributed by atoms with Gasteiger partial charge in [-0.15, -0.1) is 0 Å². The van der Waals surface area contributed by atoms with Gasteiger partial charge in [0, 0.05) is 23.1 Å². The van der Waals surface area contributed by atoms with Gasteiger partial charge < -0.3 is 13.9 Å². The second-order valence-corrected chi connectivity index (χ2v) is 5.98. The highest BCUT2D eigenvalue weighted by molar-refractivity contribution is 5.82. The number of alkyl halides is 3. The molecule has 0 saturated heterocycles. The SMILES string of the molecule is COc1ccc2c(COC(=O)Cc3ccc(C(F)(F)F)cc3)cc(=O)oc2c1. The van der Waals surface area contributed by atoms with Crippen molar-refractivity contribution in [3.8, 4) is 5.75 Å². The maximum absolute atomic E-state index is 12.6. The highest BCUT2D eigenvalue weighted by Gasteiger charge is 2.30. The van der Waals surface area contributed by atoms with Gasteiger partial charge in [0.2, 0.25) is 0 Å². The molecule has 0 radical (unpaired) electrons. The first kappa shape index (κ1) is 19.5. The van der Waals surface area contributed by atoms with E-state index < -0.39 is 23.3 Å². The number of methoxy groups -OCH3 is 1. The summed E-state index contributed by atoms with van der Waals surface area (Å²) >= 11 is 0. The van der Waals surface area contributed by atoms with Gasteiger partial charge >= 0.3 is 17.8 Å². The summed E-state index contributed by atoms with van der Waals surface area (Å²) in [5.74, 6) is -0.123. The molecule has 8 heteroatoms. The molecule has 0 aliphatic carbocycles. The van der Waals surface area contributed by atoms with E-state index in [2.05, 4.69) is 0 Å². The van der Waals surface area contributed by atoms with Gasteiger partial charge in [-0.05, 0) is 29.8 Å². The van der Waals surface area contributed by atoms with Crippen molar-refractivity contribution >= 4 is 16.9 Å². The van der Waals surface area contributed by atoms with Crippen LogP contribution in [0.15, 0.2) is 57.7 Å². The van der Waals surface area contributed by atoms with Crippen molar-refractivity contribution in [2.24, 2.45) is 0 Å². The van der Waals surface area contributed by atoms with E-state index in [4.69, 9.17) is 13.9 Å². The monoisotopic (exact) mass is 392 g/mol. The fourth-order valence-electron chi connectivity index (χ4n) is 2.64. The zero-order chi connectivity index (χ0) is 20.3. The van der Waals surface area contributed by atoms with E-state index in [1.54, 1.807) is 18.2 Å². The molecule has 0 aliphatic heterocycles. The molecule has 146 valence electrons. The number of hydrogen-bond donors (Lipinski definition) is 0. The highest BCUT2D eigenvalue weighted by atomic mass is 19.4. The average Bonchev–Trinajstić information content (AvgIpc) is 2.65. The third kappa shape index (κ3) is 4.51. The third-order valence-corrected chi connectivity index (χ3v) is 4.06. The van der Waals surface area contributed by atoms with Crippen LogP contribution >= 0.6 is 0 Å². The molecule has 0 atom stereocenters. The predicted molar refractivity (Wildman–Crippen MR) is 94.0 cm³/mol. The van der Waals surface area contributed by atoms with Gasteiger partial charge in [0.1, 0.15) is 17.9 Å². The Morgan fingerprint density at radius 2 is 1.79 bits per heavy atom. The van der Waals surface area contributed by atoms with E-state index in [0.717, 1.165) is 12.1 Å².